The number of anilines is 2. The lowest BCUT2D eigenvalue weighted by molar-refractivity contribution is -0.114. The zero-order valence-electron chi connectivity index (χ0n) is 13.4. The molecule has 0 radical (unpaired) electrons. The third-order valence-electron chi connectivity index (χ3n) is 3.35. The van der Waals surface area contributed by atoms with Crippen LogP contribution >= 0.6 is 23.2 Å². The molecule has 0 aromatic heterocycles. The molecular weight excluding hydrogens is 390 g/mol. The number of carbonyl (C=O) groups excluding carboxylic acids is 1. The topological polar surface area (TPSA) is 66.5 Å². The highest BCUT2D eigenvalue weighted by Crippen LogP contribution is 2.25. The number of hydrogen-bond acceptors (Lipinski definition) is 3. The summed E-state index contributed by atoms with van der Waals surface area (Å²) in [5.74, 6) is -1.26. The van der Waals surface area contributed by atoms with Crippen LogP contribution in [0.25, 0.3) is 0 Å². The van der Waals surface area contributed by atoms with Gasteiger partial charge in [0.2, 0.25) is 15.9 Å². The predicted molar refractivity (Wildman–Crippen MR) is 98.4 cm³/mol. The van der Waals surface area contributed by atoms with Crippen LogP contribution < -0.4 is 9.62 Å². The number of amides is 1. The average Bonchev–Trinajstić information content (AvgIpc) is 2.50. The maximum absolute atomic E-state index is 13.3. The van der Waals surface area contributed by atoms with Gasteiger partial charge in [-0.3, -0.25) is 9.10 Å². The average molecular weight is 405 g/mol. The summed E-state index contributed by atoms with van der Waals surface area (Å²) in [6, 6.07) is 8.39. The van der Waals surface area contributed by atoms with Crippen molar-refractivity contribution in [3.8, 4) is 0 Å². The fraction of sp³-hybridized carbons (Fsp3) is 0.188. The molecule has 0 aliphatic rings. The van der Waals surface area contributed by atoms with Crippen molar-refractivity contribution in [2.24, 2.45) is 0 Å². The van der Waals surface area contributed by atoms with E-state index in [1.54, 1.807) is 25.1 Å². The molecule has 134 valence electrons. The fourth-order valence-electron chi connectivity index (χ4n) is 2.09. The lowest BCUT2D eigenvalue weighted by Crippen LogP contribution is -2.37. The highest BCUT2D eigenvalue weighted by Gasteiger charge is 2.22. The number of carbonyl (C=O) groups is 1. The molecule has 1 N–H and O–H groups in total. The molecule has 0 unspecified atom stereocenters. The molecule has 25 heavy (non-hydrogen) atoms. The standard InChI is InChI=1S/C16H15Cl2FN2O3S/c1-10-3-4-11(17)7-15(10)20-16(22)9-21(25(2,23)24)12-5-6-14(19)13(18)8-12/h3-8H,9H2,1-2H3,(H,20,22). The van der Waals surface area contributed by atoms with Crippen molar-refractivity contribution < 1.29 is 17.6 Å². The summed E-state index contributed by atoms with van der Waals surface area (Å²) in [6.07, 6.45) is 0.947. The molecule has 0 atom stereocenters. The Bertz CT molecular complexity index is 920. The van der Waals surface area contributed by atoms with E-state index in [0.717, 1.165) is 28.3 Å². The van der Waals surface area contributed by atoms with Gasteiger partial charge < -0.3 is 5.32 Å². The van der Waals surface area contributed by atoms with E-state index in [1.807, 2.05) is 0 Å². The van der Waals surface area contributed by atoms with Crippen LogP contribution in [0.4, 0.5) is 15.8 Å². The maximum Gasteiger partial charge on any atom is 0.245 e. The number of nitrogens with zero attached hydrogens (tertiary/aromatic N) is 1. The number of halogens is 3. The number of benzene rings is 2. The first-order valence-electron chi connectivity index (χ1n) is 7.06. The molecule has 0 saturated heterocycles. The Morgan fingerprint density at radius 1 is 1.20 bits per heavy atom. The Kier molecular flexibility index (Phi) is 5.92. The SMILES string of the molecule is Cc1ccc(Cl)cc1NC(=O)CN(c1ccc(F)c(Cl)c1)S(C)(=O)=O. The van der Waals surface area contributed by atoms with E-state index in [9.17, 15) is 17.6 Å². The highest BCUT2D eigenvalue weighted by atomic mass is 35.5. The van der Waals surface area contributed by atoms with E-state index in [4.69, 9.17) is 23.2 Å². The number of sulfonamides is 1. The van der Waals surface area contributed by atoms with Crippen LogP contribution in [-0.4, -0.2) is 27.1 Å². The molecule has 0 heterocycles. The Morgan fingerprint density at radius 3 is 2.48 bits per heavy atom. The largest absolute Gasteiger partial charge is 0.324 e. The second kappa shape index (κ2) is 7.59. The number of aryl methyl sites for hydroxylation is 1. The summed E-state index contributed by atoms with van der Waals surface area (Å²) >= 11 is 11.6. The van der Waals surface area contributed by atoms with Crippen molar-refractivity contribution in [3.05, 3.63) is 57.8 Å². The van der Waals surface area contributed by atoms with Crippen molar-refractivity contribution in [1.29, 1.82) is 0 Å². The first kappa shape index (κ1) is 19.5. The number of nitrogens with one attached hydrogen (secondary N) is 1. The third-order valence-corrected chi connectivity index (χ3v) is 5.02. The van der Waals surface area contributed by atoms with Crippen LogP contribution in [0, 0.1) is 12.7 Å². The summed E-state index contributed by atoms with van der Waals surface area (Å²) in [5, 5.41) is 2.81. The molecule has 0 fully saturated rings. The summed E-state index contributed by atoms with van der Waals surface area (Å²) in [6.45, 7) is 1.28. The molecular formula is C16H15Cl2FN2O3S. The van der Waals surface area contributed by atoms with Gasteiger partial charge in [-0.05, 0) is 42.8 Å². The first-order chi connectivity index (χ1) is 11.6. The van der Waals surface area contributed by atoms with E-state index >= 15 is 0 Å². The molecule has 0 aliphatic heterocycles. The van der Waals surface area contributed by atoms with E-state index in [-0.39, 0.29) is 10.7 Å². The molecule has 0 bridgehead atoms. The van der Waals surface area contributed by atoms with Crippen molar-refractivity contribution in [2.45, 2.75) is 6.92 Å². The van der Waals surface area contributed by atoms with Crippen molar-refractivity contribution in [1.82, 2.24) is 0 Å². The Hall–Kier alpha value is -1.83. The zero-order chi connectivity index (χ0) is 18.8. The van der Waals surface area contributed by atoms with Crippen LogP contribution in [0.1, 0.15) is 5.56 Å². The molecule has 2 aromatic carbocycles. The monoisotopic (exact) mass is 404 g/mol. The first-order valence-corrected chi connectivity index (χ1v) is 9.67. The minimum absolute atomic E-state index is 0.0897. The minimum atomic E-state index is -3.79. The second-order valence-corrected chi connectivity index (χ2v) is 8.13. The molecule has 2 aromatic rings. The molecule has 9 heteroatoms. The summed E-state index contributed by atoms with van der Waals surface area (Å²) in [4.78, 5) is 12.3. The normalized spacial score (nSPS) is 11.2. The second-order valence-electron chi connectivity index (χ2n) is 5.38. The van der Waals surface area contributed by atoms with E-state index in [0.29, 0.717) is 10.7 Å². The molecule has 0 aliphatic carbocycles. The van der Waals surface area contributed by atoms with Gasteiger partial charge in [0.05, 0.1) is 17.0 Å². The molecule has 2 rings (SSSR count). The Morgan fingerprint density at radius 2 is 1.88 bits per heavy atom. The molecule has 5 nitrogen and oxygen atoms in total. The maximum atomic E-state index is 13.3. The summed E-state index contributed by atoms with van der Waals surface area (Å²) in [7, 11) is -3.79. The van der Waals surface area contributed by atoms with Crippen LogP contribution in [-0.2, 0) is 14.8 Å². The van der Waals surface area contributed by atoms with Gasteiger partial charge in [0.1, 0.15) is 12.4 Å². The van der Waals surface area contributed by atoms with Crippen molar-refractivity contribution >= 4 is 50.5 Å². The van der Waals surface area contributed by atoms with Gasteiger partial charge in [0.25, 0.3) is 0 Å². The van der Waals surface area contributed by atoms with Gasteiger partial charge in [0.15, 0.2) is 0 Å². The van der Waals surface area contributed by atoms with Gasteiger partial charge in [-0.25, -0.2) is 12.8 Å². The zero-order valence-corrected chi connectivity index (χ0v) is 15.7. The van der Waals surface area contributed by atoms with Gasteiger partial charge in [0, 0.05) is 10.7 Å². The predicted octanol–water partition coefficient (Wildman–Crippen LogP) is 3.85. The summed E-state index contributed by atoms with van der Waals surface area (Å²) in [5.41, 5.74) is 1.34. The summed E-state index contributed by atoms with van der Waals surface area (Å²) < 4.78 is 38.2. The van der Waals surface area contributed by atoms with Gasteiger partial charge in [-0.2, -0.15) is 0 Å². The van der Waals surface area contributed by atoms with Crippen LogP contribution in [0.3, 0.4) is 0 Å². The van der Waals surface area contributed by atoms with Gasteiger partial charge >= 0.3 is 0 Å². The van der Waals surface area contributed by atoms with Crippen LogP contribution in [0.2, 0.25) is 10.0 Å². The van der Waals surface area contributed by atoms with Crippen molar-refractivity contribution in [3.63, 3.8) is 0 Å². The smallest absolute Gasteiger partial charge is 0.245 e. The highest BCUT2D eigenvalue weighted by molar-refractivity contribution is 7.92. The number of hydrogen-bond donors (Lipinski definition) is 1. The molecule has 0 saturated carbocycles. The van der Waals surface area contributed by atoms with Crippen molar-refractivity contribution in [2.75, 3.05) is 22.4 Å². The van der Waals surface area contributed by atoms with Gasteiger partial charge in [-0.1, -0.05) is 29.3 Å². The number of rotatable bonds is 5. The van der Waals surface area contributed by atoms with Crippen LogP contribution in [0.5, 0.6) is 0 Å². The van der Waals surface area contributed by atoms with E-state index < -0.39 is 28.3 Å². The lowest BCUT2D eigenvalue weighted by Gasteiger charge is -2.22. The lowest BCUT2D eigenvalue weighted by atomic mass is 10.2. The van der Waals surface area contributed by atoms with Crippen LogP contribution in [0.15, 0.2) is 36.4 Å². The Labute approximate surface area is 155 Å². The quantitative estimate of drug-likeness (QED) is 0.822. The van der Waals surface area contributed by atoms with E-state index in [2.05, 4.69) is 5.32 Å². The van der Waals surface area contributed by atoms with Gasteiger partial charge in [-0.15, -0.1) is 0 Å². The van der Waals surface area contributed by atoms with E-state index in [1.165, 1.54) is 6.07 Å². The Balaban J connectivity index is 2.27. The molecule has 1 amide bonds. The third kappa shape index (κ3) is 5.07. The molecule has 0 spiro atoms. The fourth-order valence-corrected chi connectivity index (χ4v) is 3.28. The minimum Gasteiger partial charge on any atom is -0.324 e.